The molecule has 0 spiro atoms. The number of nitrogens with zero attached hydrogens (tertiary/aromatic N) is 1. The van der Waals surface area contributed by atoms with Crippen LogP contribution in [0.2, 0.25) is 0 Å². The van der Waals surface area contributed by atoms with E-state index in [2.05, 4.69) is 12.1 Å². The van der Waals surface area contributed by atoms with Gasteiger partial charge in [0.25, 0.3) is 0 Å². The van der Waals surface area contributed by atoms with Gasteiger partial charge >= 0.3 is 5.97 Å². The van der Waals surface area contributed by atoms with Gasteiger partial charge in [0.1, 0.15) is 0 Å². The molecule has 0 aromatic heterocycles. The van der Waals surface area contributed by atoms with Crippen molar-refractivity contribution in [1.29, 1.82) is 0 Å². The highest BCUT2D eigenvalue weighted by molar-refractivity contribution is 7.89. The van der Waals surface area contributed by atoms with E-state index in [0.717, 1.165) is 24.8 Å². The number of benzene rings is 2. The molecule has 1 unspecified atom stereocenters. The number of hydrogen-bond donors (Lipinski definition) is 1. The highest BCUT2D eigenvalue weighted by atomic mass is 32.2. The second kappa shape index (κ2) is 10.0. The van der Waals surface area contributed by atoms with E-state index >= 15 is 0 Å². The summed E-state index contributed by atoms with van der Waals surface area (Å²) in [7, 11) is -3.63. The summed E-state index contributed by atoms with van der Waals surface area (Å²) in [5, 5.41) is 8.38. The highest BCUT2D eigenvalue weighted by Gasteiger charge is 2.35. The molecule has 1 aliphatic rings. The summed E-state index contributed by atoms with van der Waals surface area (Å²) in [4.78, 5) is 11.3. The summed E-state index contributed by atoms with van der Waals surface area (Å²) in [5.41, 5.74) is 2.31. The van der Waals surface area contributed by atoms with Gasteiger partial charge in [-0.15, -0.1) is 0 Å². The van der Waals surface area contributed by atoms with Gasteiger partial charge in [-0.1, -0.05) is 60.7 Å². The molecule has 0 saturated carbocycles. The van der Waals surface area contributed by atoms with Gasteiger partial charge in [-0.3, -0.25) is 4.79 Å². The van der Waals surface area contributed by atoms with E-state index in [0.29, 0.717) is 31.8 Å². The molecule has 156 valence electrons. The zero-order valence-corrected chi connectivity index (χ0v) is 17.4. The summed E-state index contributed by atoms with van der Waals surface area (Å²) < 4.78 is 27.9. The first-order valence-corrected chi connectivity index (χ1v) is 11.7. The third-order valence-electron chi connectivity index (χ3n) is 5.72. The minimum atomic E-state index is -3.63. The number of aryl methyl sites for hydroxylation is 1. The van der Waals surface area contributed by atoms with Crippen LogP contribution in [0, 0.1) is 5.92 Å². The van der Waals surface area contributed by atoms with Crippen LogP contribution in [0.4, 0.5) is 0 Å². The normalized spacial score (nSPS) is 17.1. The lowest BCUT2D eigenvalue weighted by Crippen LogP contribution is -2.44. The lowest BCUT2D eigenvalue weighted by atomic mass is 9.91. The molecule has 3 rings (SSSR count). The molecule has 0 radical (unpaired) electrons. The van der Waals surface area contributed by atoms with Crippen molar-refractivity contribution in [2.24, 2.45) is 5.92 Å². The van der Waals surface area contributed by atoms with E-state index in [-0.39, 0.29) is 6.42 Å². The van der Waals surface area contributed by atoms with Gasteiger partial charge in [0, 0.05) is 13.1 Å². The molecule has 0 amide bonds. The van der Waals surface area contributed by atoms with Crippen LogP contribution in [0.1, 0.15) is 36.8 Å². The fraction of sp³-hybridized carbons (Fsp3) is 0.435. The molecule has 1 aliphatic heterocycles. The van der Waals surface area contributed by atoms with E-state index in [1.807, 2.05) is 48.5 Å². The highest BCUT2D eigenvalue weighted by Crippen LogP contribution is 2.27. The van der Waals surface area contributed by atoms with E-state index in [4.69, 9.17) is 0 Å². The van der Waals surface area contributed by atoms with Gasteiger partial charge in [0.05, 0.1) is 11.7 Å². The van der Waals surface area contributed by atoms with Crippen LogP contribution in [-0.4, -0.2) is 42.1 Å². The van der Waals surface area contributed by atoms with Crippen molar-refractivity contribution in [2.45, 2.75) is 43.8 Å². The second-order valence-corrected chi connectivity index (χ2v) is 10.0. The standard InChI is InChI=1S/C23H29NO4S/c25-23(26)18-22(12-11-19-7-3-1-4-8-19)29(27,28)24-15-13-21(14-16-24)17-20-9-5-2-6-10-20/h1-10,21-22H,11-18H2,(H,25,26). The lowest BCUT2D eigenvalue weighted by molar-refractivity contribution is -0.137. The first-order chi connectivity index (χ1) is 13.9. The third kappa shape index (κ3) is 6.15. The van der Waals surface area contributed by atoms with Crippen LogP contribution in [0.5, 0.6) is 0 Å². The predicted molar refractivity (Wildman–Crippen MR) is 114 cm³/mol. The predicted octanol–water partition coefficient (Wildman–Crippen LogP) is 3.75. The Morgan fingerprint density at radius 2 is 1.52 bits per heavy atom. The van der Waals surface area contributed by atoms with Crippen molar-refractivity contribution < 1.29 is 18.3 Å². The monoisotopic (exact) mass is 415 g/mol. The van der Waals surface area contributed by atoms with E-state index in [1.165, 1.54) is 9.87 Å². The van der Waals surface area contributed by atoms with Crippen molar-refractivity contribution in [2.75, 3.05) is 13.1 Å². The molecule has 1 fully saturated rings. The molecular formula is C23H29NO4S. The van der Waals surface area contributed by atoms with E-state index < -0.39 is 21.2 Å². The first-order valence-electron chi connectivity index (χ1n) is 10.2. The molecule has 6 heteroatoms. The fourth-order valence-electron chi connectivity index (χ4n) is 4.05. The second-order valence-electron chi connectivity index (χ2n) is 7.82. The van der Waals surface area contributed by atoms with Gasteiger partial charge < -0.3 is 5.11 Å². The van der Waals surface area contributed by atoms with Crippen LogP contribution in [0.15, 0.2) is 60.7 Å². The number of piperidine rings is 1. The average molecular weight is 416 g/mol. The summed E-state index contributed by atoms with van der Waals surface area (Å²) in [5.74, 6) is -0.600. The molecule has 1 saturated heterocycles. The Labute approximate surface area is 173 Å². The van der Waals surface area contributed by atoms with Crippen LogP contribution in [0.25, 0.3) is 0 Å². The maximum atomic E-state index is 13.2. The fourth-order valence-corrected chi connectivity index (χ4v) is 5.96. The lowest BCUT2D eigenvalue weighted by Gasteiger charge is -2.33. The molecule has 1 atom stereocenters. The van der Waals surface area contributed by atoms with Crippen LogP contribution in [0.3, 0.4) is 0 Å². The number of sulfonamides is 1. The Hall–Kier alpha value is -2.18. The number of carbonyl (C=O) groups is 1. The quantitative estimate of drug-likeness (QED) is 0.677. The zero-order valence-electron chi connectivity index (χ0n) is 16.6. The maximum absolute atomic E-state index is 13.2. The smallest absolute Gasteiger partial charge is 0.304 e. The number of rotatable bonds is 9. The first kappa shape index (κ1) is 21.5. The van der Waals surface area contributed by atoms with Gasteiger partial charge in [0.2, 0.25) is 10.0 Å². The summed E-state index contributed by atoms with van der Waals surface area (Å²) >= 11 is 0. The van der Waals surface area contributed by atoms with E-state index in [9.17, 15) is 18.3 Å². The minimum Gasteiger partial charge on any atom is -0.481 e. The minimum absolute atomic E-state index is 0.322. The topological polar surface area (TPSA) is 74.7 Å². The summed E-state index contributed by atoms with van der Waals surface area (Å²) in [6.45, 7) is 0.947. The Kier molecular flexibility index (Phi) is 7.45. The van der Waals surface area contributed by atoms with Gasteiger partial charge in [-0.2, -0.15) is 0 Å². The Morgan fingerprint density at radius 3 is 2.07 bits per heavy atom. The maximum Gasteiger partial charge on any atom is 0.304 e. The Morgan fingerprint density at radius 1 is 0.966 bits per heavy atom. The van der Waals surface area contributed by atoms with Crippen molar-refractivity contribution in [3.05, 3.63) is 71.8 Å². The molecule has 1 N–H and O–H groups in total. The van der Waals surface area contributed by atoms with Crippen molar-refractivity contribution >= 4 is 16.0 Å². The SMILES string of the molecule is O=C(O)CC(CCc1ccccc1)S(=O)(=O)N1CCC(Cc2ccccc2)CC1. The molecule has 29 heavy (non-hydrogen) atoms. The number of hydrogen-bond acceptors (Lipinski definition) is 3. The molecule has 2 aromatic carbocycles. The van der Waals surface area contributed by atoms with Crippen LogP contribution >= 0.6 is 0 Å². The third-order valence-corrected chi connectivity index (χ3v) is 8.05. The zero-order chi connectivity index (χ0) is 20.7. The number of carboxylic acid groups (broad SMARTS) is 1. The molecule has 2 aromatic rings. The van der Waals surface area contributed by atoms with Crippen LogP contribution < -0.4 is 0 Å². The van der Waals surface area contributed by atoms with Crippen molar-refractivity contribution in [1.82, 2.24) is 4.31 Å². The molecule has 5 nitrogen and oxygen atoms in total. The van der Waals surface area contributed by atoms with Crippen LogP contribution in [-0.2, 0) is 27.7 Å². The Bertz CT molecular complexity index is 876. The molecule has 0 aliphatic carbocycles. The van der Waals surface area contributed by atoms with Crippen molar-refractivity contribution in [3.8, 4) is 0 Å². The van der Waals surface area contributed by atoms with Crippen molar-refractivity contribution in [3.63, 3.8) is 0 Å². The molecular weight excluding hydrogens is 386 g/mol. The number of aliphatic carboxylic acids is 1. The Balaban J connectivity index is 1.61. The van der Waals surface area contributed by atoms with Gasteiger partial charge in [0.15, 0.2) is 0 Å². The average Bonchev–Trinajstić information content (AvgIpc) is 2.73. The summed E-state index contributed by atoms with van der Waals surface area (Å²) in [6.07, 6.45) is 3.12. The van der Waals surface area contributed by atoms with Gasteiger partial charge in [-0.25, -0.2) is 12.7 Å². The molecule has 1 heterocycles. The van der Waals surface area contributed by atoms with Gasteiger partial charge in [-0.05, 0) is 49.1 Å². The number of carboxylic acids is 1. The largest absolute Gasteiger partial charge is 0.481 e. The van der Waals surface area contributed by atoms with E-state index in [1.54, 1.807) is 0 Å². The summed E-state index contributed by atoms with van der Waals surface area (Å²) in [6, 6.07) is 19.9. The molecule has 0 bridgehead atoms.